The topological polar surface area (TPSA) is 82.7 Å². The van der Waals surface area contributed by atoms with Gasteiger partial charge in [0, 0.05) is 48.2 Å². The van der Waals surface area contributed by atoms with Gasteiger partial charge in [-0.15, -0.1) is 0 Å². The average Bonchev–Trinajstić information content (AvgIpc) is 2.80. The summed E-state index contributed by atoms with van der Waals surface area (Å²) in [6, 6.07) is 15.2. The van der Waals surface area contributed by atoms with Gasteiger partial charge in [0.05, 0.1) is 12.2 Å². The fourth-order valence-electron chi connectivity index (χ4n) is 4.10. The number of esters is 1. The van der Waals surface area contributed by atoms with Crippen LogP contribution in [0.4, 0.5) is 0 Å². The Morgan fingerprint density at radius 3 is 2.44 bits per heavy atom. The number of piperazine rings is 1. The fraction of sp³-hybridized carbons (Fsp3) is 0.292. The molecule has 4 rings (SSSR count). The van der Waals surface area contributed by atoms with Gasteiger partial charge in [0.1, 0.15) is 6.04 Å². The van der Waals surface area contributed by atoms with E-state index in [1.165, 1.54) is 6.07 Å². The molecule has 0 unspecified atom stereocenters. The average molecular weight is 454 g/mol. The van der Waals surface area contributed by atoms with Crippen LogP contribution in [0.1, 0.15) is 28.9 Å². The van der Waals surface area contributed by atoms with Crippen LogP contribution < -0.4 is 5.56 Å². The van der Waals surface area contributed by atoms with Crippen molar-refractivity contribution in [3.05, 3.63) is 81.1 Å². The van der Waals surface area contributed by atoms with Crippen molar-refractivity contribution < 1.29 is 14.3 Å². The minimum Gasteiger partial charge on any atom is -0.465 e. The lowest BCUT2D eigenvalue weighted by Crippen LogP contribution is -2.51. The Hall–Kier alpha value is -3.16. The van der Waals surface area contributed by atoms with E-state index in [-0.39, 0.29) is 24.0 Å². The molecule has 1 aliphatic rings. The van der Waals surface area contributed by atoms with Gasteiger partial charge in [-0.05, 0) is 30.7 Å². The molecule has 8 heteroatoms. The zero-order chi connectivity index (χ0) is 22.7. The number of nitrogens with one attached hydrogen (secondary N) is 1. The lowest BCUT2D eigenvalue weighted by Gasteiger charge is -2.38. The molecule has 1 aromatic heterocycles. The summed E-state index contributed by atoms with van der Waals surface area (Å²) < 4.78 is 5.31. The standard InChI is InChI=1S/C24H24ClN3O4/c1-2-32-24(31)22(16-7-9-17(25)10-8-16)27-11-13-28(14-12-27)23(30)19-15-21(29)26-20-6-4-3-5-18(19)20/h3-10,15,22H,2,11-14H2,1H3,(H,26,29)/t22-/m0/s1. The van der Waals surface area contributed by atoms with Crippen molar-refractivity contribution in [3.63, 3.8) is 0 Å². The van der Waals surface area contributed by atoms with Gasteiger partial charge >= 0.3 is 5.97 Å². The Bertz CT molecular complexity index is 1180. The number of aromatic nitrogens is 1. The van der Waals surface area contributed by atoms with E-state index >= 15 is 0 Å². The molecule has 1 amide bonds. The summed E-state index contributed by atoms with van der Waals surface area (Å²) in [5.74, 6) is -0.513. The van der Waals surface area contributed by atoms with E-state index in [4.69, 9.17) is 16.3 Å². The van der Waals surface area contributed by atoms with Crippen LogP contribution in [0.25, 0.3) is 10.9 Å². The van der Waals surface area contributed by atoms with Gasteiger partial charge in [0.2, 0.25) is 5.56 Å². The number of hydrogen-bond acceptors (Lipinski definition) is 5. The molecule has 1 N–H and O–H groups in total. The predicted octanol–water partition coefficient (Wildman–Crippen LogP) is 3.24. The zero-order valence-electron chi connectivity index (χ0n) is 17.7. The molecule has 0 spiro atoms. The molecule has 0 bridgehead atoms. The van der Waals surface area contributed by atoms with E-state index in [0.717, 1.165) is 5.56 Å². The highest BCUT2D eigenvalue weighted by molar-refractivity contribution is 6.30. The van der Waals surface area contributed by atoms with Gasteiger partial charge in [0.25, 0.3) is 5.91 Å². The normalized spacial score (nSPS) is 15.5. The number of rotatable bonds is 5. The smallest absolute Gasteiger partial charge is 0.328 e. The van der Waals surface area contributed by atoms with Gasteiger partial charge < -0.3 is 14.6 Å². The molecule has 2 aromatic carbocycles. The van der Waals surface area contributed by atoms with Gasteiger partial charge in [-0.25, -0.2) is 4.79 Å². The first-order valence-corrected chi connectivity index (χ1v) is 10.9. The molecule has 0 saturated carbocycles. The number of carbonyl (C=O) groups is 2. The number of carbonyl (C=O) groups excluding carboxylic acids is 2. The first kappa shape index (κ1) is 22.0. The Labute approximate surface area is 190 Å². The molecule has 1 saturated heterocycles. The van der Waals surface area contributed by atoms with E-state index in [1.807, 2.05) is 35.2 Å². The Balaban J connectivity index is 1.54. The molecular weight excluding hydrogens is 430 g/mol. The van der Waals surface area contributed by atoms with Crippen molar-refractivity contribution in [2.75, 3.05) is 32.8 Å². The number of aromatic amines is 1. The summed E-state index contributed by atoms with van der Waals surface area (Å²) in [4.78, 5) is 44.5. The Morgan fingerprint density at radius 2 is 1.75 bits per heavy atom. The number of benzene rings is 2. The van der Waals surface area contributed by atoms with E-state index < -0.39 is 6.04 Å². The van der Waals surface area contributed by atoms with E-state index in [0.29, 0.717) is 47.7 Å². The van der Waals surface area contributed by atoms with Gasteiger partial charge in [-0.2, -0.15) is 0 Å². The van der Waals surface area contributed by atoms with E-state index in [1.54, 1.807) is 30.0 Å². The maximum Gasteiger partial charge on any atom is 0.328 e. The second-order valence-corrected chi connectivity index (χ2v) is 8.06. The zero-order valence-corrected chi connectivity index (χ0v) is 18.5. The van der Waals surface area contributed by atoms with Crippen LogP contribution in [-0.4, -0.2) is 59.4 Å². The molecule has 166 valence electrons. The number of fused-ring (bicyclic) bond motifs is 1. The summed E-state index contributed by atoms with van der Waals surface area (Å²) in [6.45, 7) is 3.93. The highest BCUT2D eigenvalue weighted by Crippen LogP contribution is 2.26. The van der Waals surface area contributed by atoms with E-state index in [9.17, 15) is 14.4 Å². The van der Waals surface area contributed by atoms with Crippen LogP contribution in [-0.2, 0) is 9.53 Å². The predicted molar refractivity (Wildman–Crippen MR) is 123 cm³/mol. The third-order valence-corrected chi connectivity index (χ3v) is 5.90. The van der Waals surface area contributed by atoms with Gasteiger partial charge in [-0.3, -0.25) is 14.5 Å². The van der Waals surface area contributed by atoms with Crippen molar-refractivity contribution in [3.8, 4) is 0 Å². The molecule has 1 atom stereocenters. The third-order valence-electron chi connectivity index (χ3n) is 5.64. The lowest BCUT2D eigenvalue weighted by molar-refractivity contribution is -0.150. The number of H-pyrrole nitrogens is 1. The number of ether oxygens (including phenoxy) is 1. The number of nitrogens with zero attached hydrogens (tertiary/aromatic N) is 2. The number of pyridine rings is 1. The van der Waals surface area contributed by atoms with Crippen LogP contribution in [0.3, 0.4) is 0 Å². The summed E-state index contributed by atoms with van der Waals surface area (Å²) in [5.41, 5.74) is 1.51. The second-order valence-electron chi connectivity index (χ2n) is 7.63. The molecule has 2 heterocycles. The maximum atomic E-state index is 13.2. The van der Waals surface area contributed by atoms with Crippen molar-refractivity contribution in [1.29, 1.82) is 0 Å². The summed E-state index contributed by atoms with van der Waals surface area (Å²) in [6.07, 6.45) is 0. The Kier molecular flexibility index (Phi) is 6.58. The SMILES string of the molecule is CCOC(=O)[C@H](c1ccc(Cl)cc1)N1CCN(C(=O)c2cc(=O)[nH]c3ccccc23)CC1. The first-order chi connectivity index (χ1) is 15.5. The first-order valence-electron chi connectivity index (χ1n) is 10.6. The van der Waals surface area contributed by atoms with E-state index in [2.05, 4.69) is 4.98 Å². The van der Waals surface area contributed by atoms with Crippen molar-refractivity contribution >= 4 is 34.4 Å². The highest BCUT2D eigenvalue weighted by atomic mass is 35.5. The summed E-state index contributed by atoms with van der Waals surface area (Å²) in [7, 11) is 0. The molecular formula is C24H24ClN3O4. The van der Waals surface area contributed by atoms with Crippen LogP contribution >= 0.6 is 11.6 Å². The number of hydrogen-bond donors (Lipinski definition) is 1. The second kappa shape index (κ2) is 9.54. The monoisotopic (exact) mass is 453 g/mol. The van der Waals surface area contributed by atoms with Crippen molar-refractivity contribution in [2.24, 2.45) is 0 Å². The van der Waals surface area contributed by atoms with Crippen LogP contribution in [0, 0.1) is 0 Å². The quantitative estimate of drug-likeness (QED) is 0.600. The number of amides is 1. The minimum absolute atomic E-state index is 0.189. The van der Waals surface area contributed by atoms with Gasteiger partial charge in [0.15, 0.2) is 0 Å². The lowest BCUT2D eigenvalue weighted by atomic mass is 10.0. The minimum atomic E-state index is -0.565. The Morgan fingerprint density at radius 1 is 1.06 bits per heavy atom. The van der Waals surface area contributed by atoms with Gasteiger partial charge in [-0.1, -0.05) is 41.9 Å². The largest absolute Gasteiger partial charge is 0.465 e. The molecule has 0 aliphatic carbocycles. The number of para-hydroxylation sites is 1. The highest BCUT2D eigenvalue weighted by Gasteiger charge is 2.33. The molecule has 1 fully saturated rings. The van der Waals surface area contributed by atoms with Crippen LogP contribution in [0.15, 0.2) is 59.4 Å². The van der Waals surface area contributed by atoms with Crippen molar-refractivity contribution in [2.45, 2.75) is 13.0 Å². The third kappa shape index (κ3) is 4.54. The molecule has 7 nitrogen and oxygen atoms in total. The molecule has 3 aromatic rings. The van der Waals surface area contributed by atoms with Crippen LogP contribution in [0.5, 0.6) is 0 Å². The molecule has 0 radical (unpaired) electrons. The van der Waals surface area contributed by atoms with Crippen molar-refractivity contribution in [1.82, 2.24) is 14.8 Å². The summed E-state index contributed by atoms with van der Waals surface area (Å²) >= 11 is 6.01. The summed E-state index contributed by atoms with van der Waals surface area (Å²) in [5, 5.41) is 1.31. The molecule has 32 heavy (non-hydrogen) atoms. The van der Waals surface area contributed by atoms with Crippen LogP contribution in [0.2, 0.25) is 5.02 Å². The maximum absolute atomic E-state index is 13.2. The fourth-order valence-corrected chi connectivity index (χ4v) is 4.22. The molecule has 1 aliphatic heterocycles. The number of halogens is 1.